The lowest BCUT2D eigenvalue weighted by Gasteiger charge is -2.25. The Hall–Kier alpha value is -1.36. The molecule has 94 valence electrons. The van der Waals surface area contributed by atoms with Gasteiger partial charge in [-0.25, -0.2) is 9.59 Å². The standard InChI is InChI=1S/C12H16O5/c1-16-10(13)12(15)8-6-4-2-3-5-7-9(8)17-11(12)14/h5,7-9,15H,2-4,6H2,1H3/b7-5-/t8-,9-,12-/m0/s1. The fraction of sp³-hybridized carbons (Fsp3) is 0.667. The fourth-order valence-corrected chi connectivity index (χ4v) is 2.48. The molecular formula is C12H16O5. The zero-order valence-electron chi connectivity index (χ0n) is 9.72. The maximum atomic E-state index is 11.7. The third kappa shape index (κ3) is 1.84. The van der Waals surface area contributed by atoms with Crippen LogP contribution in [0.4, 0.5) is 0 Å². The molecular weight excluding hydrogens is 224 g/mol. The molecule has 1 aliphatic carbocycles. The van der Waals surface area contributed by atoms with Crippen molar-refractivity contribution in [1.29, 1.82) is 0 Å². The summed E-state index contributed by atoms with van der Waals surface area (Å²) < 4.78 is 9.58. The van der Waals surface area contributed by atoms with Gasteiger partial charge in [0.05, 0.1) is 13.0 Å². The Morgan fingerprint density at radius 2 is 2.35 bits per heavy atom. The van der Waals surface area contributed by atoms with E-state index in [1.165, 1.54) is 0 Å². The summed E-state index contributed by atoms with van der Waals surface area (Å²) in [4.78, 5) is 23.3. The van der Waals surface area contributed by atoms with Gasteiger partial charge in [0.15, 0.2) is 0 Å². The third-order valence-electron chi connectivity index (χ3n) is 3.45. The van der Waals surface area contributed by atoms with Crippen molar-refractivity contribution in [3.05, 3.63) is 12.2 Å². The third-order valence-corrected chi connectivity index (χ3v) is 3.45. The average molecular weight is 240 g/mol. The number of hydrogen-bond donors (Lipinski definition) is 1. The molecule has 0 saturated carbocycles. The highest BCUT2D eigenvalue weighted by molar-refractivity contribution is 6.05. The highest BCUT2D eigenvalue weighted by Crippen LogP contribution is 2.38. The van der Waals surface area contributed by atoms with Gasteiger partial charge in [0.1, 0.15) is 6.10 Å². The largest absolute Gasteiger partial charge is 0.466 e. The Kier molecular flexibility index (Phi) is 3.19. The number of fused-ring (bicyclic) bond motifs is 1. The fourth-order valence-electron chi connectivity index (χ4n) is 2.48. The quantitative estimate of drug-likeness (QED) is 0.412. The van der Waals surface area contributed by atoms with Crippen LogP contribution in [-0.4, -0.2) is 35.9 Å². The molecule has 0 aromatic carbocycles. The van der Waals surface area contributed by atoms with E-state index >= 15 is 0 Å². The monoisotopic (exact) mass is 240 g/mol. The van der Waals surface area contributed by atoms with Crippen molar-refractivity contribution in [2.45, 2.75) is 37.4 Å². The number of aliphatic hydroxyl groups is 1. The van der Waals surface area contributed by atoms with Crippen LogP contribution < -0.4 is 0 Å². The van der Waals surface area contributed by atoms with Gasteiger partial charge in [-0.05, 0) is 25.3 Å². The van der Waals surface area contributed by atoms with E-state index in [4.69, 9.17) is 4.74 Å². The second-order valence-corrected chi connectivity index (χ2v) is 4.45. The predicted octanol–water partition coefficient (Wildman–Crippen LogP) is 0.562. The van der Waals surface area contributed by atoms with Crippen molar-refractivity contribution < 1.29 is 24.2 Å². The van der Waals surface area contributed by atoms with Gasteiger partial charge < -0.3 is 14.6 Å². The maximum Gasteiger partial charge on any atom is 0.351 e. The number of allylic oxidation sites excluding steroid dienone is 1. The lowest BCUT2D eigenvalue weighted by Crippen LogP contribution is -2.50. The van der Waals surface area contributed by atoms with E-state index < -0.39 is 29.6 Å². The number of rotatable bonds is 1. The maximum absolute atomic E-state index is 11.7. The first kappa shape index (κ1) is 12.1. The summed E-state index contributed by atoms with van der Waals surface area (Å²) in [5.41, 5.74) is -2.14. The van der Waals surface area contributed by atoms with E-state index in [1.54, 1.807) is 6.08 Å². The first-order chi connectivity index (χ1) is 8.10. The summed E-state index contributed by atoms with van der Waals surface area (Å²) in [6.07, 6.45) is 6.48. The Morgan fingerprint density at radius 1 is 1.59 bits per heavy atom. The van der Waals surface area contributed by atoms with Gasteiger partial charge in [0.2, 0.25) is 0 Å². The summed E-state index contributed by atoms with van der Waals surface area (Å²) in [5, 5.41) is 10.3. The zero-order valence-corrected chi connectivity index (χ0v) is 9.72. The van der Waals surface area contributed by atoms with Crippen LogP contribution in [0, 0.1) is 5.92 Å². The zero-order chi connectivity index (χ0) is 12.5. The van der Waals surface area contributed by atoms with Crippen molar-refractivity contribution in [1.82, 2.24) is 0 Å². The molecule has 17 heavy (non-hydrogen) atoms. The van der Waals surface area contributed by atoms with E-state index in [1.807, 2.05) is 6.08 Å². The number of esters is 2. The Bertz CT molecular complexity index is 362. The number of carbonyl (C=O) groups is 2. The molecule has 3 atom stereocenters. The van der Waals surface area contributed by atoms with Crippen LogP contribution in [0.5, 0.6) is 0 Å². The number of methoxy groups -OCH3 is 1. The molecule has 0 aromatic rings. The molecule has 2 rings (SSSR count). The van der Waals surface area contributed by atoms with Crippen LogP contribution in [0.25, 0.3) is 0 Å². The number of carbonyl (C=O) groups excluding carboxylic acids is 2. The Balaban J connectivity index is 2.33. The van der Waals surface area contributed by atoms with E-state index in [2.05, 4.69) is 4.74 Å². The van der Waals surface area contributed by atoms with Crippen LogP contribution >= 0.6 is 0 Å². The minimum atomic E-state index is -2.14. The summed E-state index contributed by atoms with van der Waals surface area (Å²) in [6.45, 7) is 0. The molecule has 5 nitrogen and oxygen atoms in total. The summed E-state index contributed by atoms with van der Waals surface area (Å²) in [6, 6.07) is 0. The Labute approximate surface area is 99.4 Å². The van der Waals surface area contributed by atoms with Crippen molar-refractivity contribution >= 4 is 11.9 Å². The van der Waals surface area contributed by atoms with Crippen molar-refractivity contribution in [3.63, 3.8) is 0 Å². The first-order valence-corrected chi connectivity index (χ1v) is 5.79. The highest BCUT2D eigenvalue weighted by Gasteiger charge is 2.61. The van der Waals surface area contributed by atoms with Crippen LogP contribution in [-0.2, 0) is 19.1 Å². The van der Waals surface area contributed by atoms with Crippen molar-refractivity contribution in [2.24, 2.45) is 5.92 Å². The molecule has 1 aliphatic heterocycles. The first-order valence-electron chi connectivity index (χ1n) is 5.79. The number of ether oxygens (including phenoxy) is 2. The van der Waals surface area contributed by atoms with Gasteiger partial charge >= 0.3 is 11.9 Å². The van der Waals surface area contributed by atoms with Crippen LogP contribution in [0.15, 0.2) is 12.2 Å². The molecule has 1 fully saturated rings. The summed E-state index contributed by atoms with van der Waals surface area (Å²) in [5.74, 6) is -2.37. The lowest BCUT2D eigenvalue weighted by atomic mass is 9.81. The van der Waals surface area contributed by atoms with Crippen molar-refractivity contribution in [3.8, 4) is 0 Å². The predicted molar refractivity (Wildman–Crippen MR) is 57.9 cm³/mol. The summed E-state index contributed by atoms with van der Waals surface area (Å²) >= 11 is 0. The molecule has 0 unspecified atom stereocenters. The van der Waals surface area contributed by atoms with E-state index in [0.717, 1.165) is 26.4 Å². The van der Waals surface area contributed by atoms with Gasteiger partial charge in [-0.3, -0.25) is 0 Å². The molecule has 5 heteroatoms. The van der Waals surface area contributed by atoms with Gasteiger partial charge in [-0.1, -0.05) is 12.5 Å². The molecule has 0 amide bonds. The molecule has 0 bridgehead atoms. The van der Waals surface area contributed by atoms with Gasteiger partial charge in [0, 0.05) is 0 Å². The van der Waals surface area contributed by atoms with E-state index in [-0.39, 0.29) is 0 Å². The highest BCUT2D eigenvalue weighted by atomic mass is 16.6. The summed E-state index contributed by atoms with van der Waals surface area (Å²) in [7, 11) is 1.15. The smallest absolute Gasteiger partial charge is 0.351 e. The molecule has 0 radical (unpaired) electrons. The minimum absolute atomic E-state index is 0.521. The SMILES string of the molecule is COC(=O)[C@]1(O)C(=O)O[C@H]2/C=C\CCCC[C@@H]21. The van der Waals surface area contributed by atoms with E-state index in [0.29, 0.717) is 6.42 Å². The van der Waals surface area contributed by atoms with E-state index in [9.17, 15) is 14.7 Å². The second-order valence-electron chi connectivity index (χ2n) is 4.45. The van der Waals surface area contributed by atoms with Gasteiger partial charge in [0.25, 0.3) is 5.60 Å². The van der Waals surface area contributed by atoms with Gasteiger partial charge in [-0.2, -0.15) is 0 Å². The van der Waals surface area contributed by atoms with Crippen molar-refractivity contribution in [2.75, 3.05) is 7.11 Å². The second kappa shape index (κ2) is 4.49. The molecule has 0 spiro atoms. The normalized spacial score (nSPS) is 38.6. The number of hydrogen-bond acceptors (Lipinski definition) is 5. The van der Waals surface area contributed by atoms with Crippen LogP contribution in [0.2, 0.25) is 0 Å². The topological polar surface area (TPSA) is 72.8 Å². The van der Waals surface area contributed by atoms with Crippen LogP contribution in [0.1, 0.15) is 25.7 Å². The Morgan fingerprint density at radius 3 is 3.06 bits per heavy atom. The van der Waals surface area contributed by atoms with Gasteiger partial charge in [-0.15, -0.1) is 0 Å². The molecule has 1 saturated heterocycles. The minimum Gasteiger partial charge on any atom is -0.466 e. The molecule has 0 aromatic heterocycles. The lowest BCUT2D eigenvalue weighted by molar-refractivity contribution is -0.175. The molecule has 2 aliphatic rings. The molecule has 1 heterocycles. The van der Waals surface area contributed by atoms with Crippen LogP contribution in [0.3, 0.4) is 0 Å². The molecule has 1 N–H and O–H groups in total. The average Bonchev–Trinajstić information content (AvgIpc) is 2.52.